The minimum atomic E-state index is 0.270. The largest absolute Gasteiger partial charge is 0.497 e. The number of aromatic nitrogens is 4. The number of methoxy groups -OCH3 is 1. The van der Waals surface area contributed by atoms with Crippen molar-refractivity contribution in [3.8, 4) is 40.6 Å². The van der Waals surface area contributed by atoms with E-state index in [1.54, 1.807) is 36.2 Å². The molecule has 0 aliphatic carbocycles. The van der Waals surface area contributed by atoms with Crippen LogP contribution in [0, 0.1) is 22.7 Å². The number of hydrogen-bond donors (Lipinski definition) is 1. The van der Waals surface area contributed by atoms with Crippen LogP contribution in [0.15, 0.2) is 78.1 Å². The third kappa shape index (κ3) is 4.61. The summed E-state index contributed by atoms with van der Waals surface area (Å²) in [6.07, 6.45) is 5.16. The molecule has 0 atom stereocenters. The van der Waals surface area contributed by atoms with Crippen molar-refractivity contribution in [1.29, 1.82) is 10.5 Å². The Morgan fingerprint density at radius 3 is 2.14 bits per heavy atom. The average Bonchev–Trinajstić information content (AvgIpc) is 3.29. The van der Waals surface area contributed by atoms with E-state index in [1.165, 1.54) is 11.8 Å². The quantitative estimate of drug-likeness (QED) is 0.216. The molecule has 0 unspecified atom stereocenters. The van der Waals surface area contributed by atoms with E-state index < -0.39 is 0 Å². The van der Waals surface area contributed by atoms with E-state index in [9.17, 15) is 10.5 Å². The molecule has 0 spiro atoms. The van der Waals surface area contributed by atoms with E-state index in [0.29, 0.717) is 50.7 Å². The molecule has 5 aromatic rings. The predicted octanol–water partition coefficient (Wildman–Crippen LogP) is 5.80. The van der Waals surface area contributed by atoms with Gasteiger partial charge in [0.15, 0.2) is 11.5 Å². The molecule has 180 valence electrons. The van der Waals surface area contributed by atoms with Crippen LogP contribution in [0.1, 0.15) is 11.1 Å². The van der Waals surface area contributed by atoms with Crippen molar-refractivity contribution in [1.82, 2.24) is 19.6 Å². The van der Waals surface area contributed by atoms with Crippen LogP contribution in [-0.4, -0.2) is 32.9 Å². The van der Waals surface area contributed by atoms with E-state index in [-0.39, 0.29) is 5.56 Å². The van der Waals surface area contributed by atoms with Crippen LogP contribution in [0.3, 0.4) is 0 Å². The summed E-state index contributed by atoms with van der Waals surface area (Å²) < 4.78 is 12.6. The van der Waals surface area contributed by atoms with Crippen LogP contribution in [0.2, 0.25) is 0 Å². The van der Waals surface area contributed by atoms with Crippen molar-refractivity contribution < 1.29 is 9.47 Å². The molecule has 0 aliphatic rings. The van der Waals surface area contributed by atoms with E-state index in [4.69, 9.17) is 9.47 Å². The maximum absolute atomic E-state index is 10.0. The van der Waals surface area contributed by atoms with Crippen molar-refractivity contribution in [3.05, 3.63) is 84.2 Å². The highest BCUT2D eigenvalue weighted by Gasteiger charge is 2.23. The molecule has 10 heteroatoms. The smallest absolute Gasteiger partial charge is 0.177 e. The molecular formula is C27H19N7O2S. The van der Waals surface area contributed by atoms with Crippen LogP contribution in [0.25, 0.3) is 16.9 Å². The van der Waals surface area contributed by atoms with Gasteiger partial charge in [-0.05, 0) is 66.9 Å². The summed E-state index contributed by atoms with van der Waals surface area (Å²) in [5, 5.41) is 28.4. The van der Waals surface area contributed by atoms with Gasteiger partial charge in [0, 0.05) is 23.6 Å². The summed E-state index contributed by atoms with van der Waals surface area (Å²) >= 11 is 1.34. The lowest BCUT2D eigenvalue weighted by molar-refractivity contribution is 0.415. The zero-order chi connectivity index (χ0) is 25.8. The minimum absolute atomic E-state index is 0.270. The Kier molecular flexibility index (Phi) is 6.58. The fraction of sp³-hybridized carbons (Fsp3) is 0.0741. The molecule has 0 fully saturated rings. The molecular weight excluding hydrogens is 486 g/mol. The van der Waals surface area contributed by atoms with Gasteiger partial charge in [-0.2, -0.15) is 10.5 Å². The number of rotatable bonds is 7. The third-order valence-electron chi connectivity index (χ3n) is 5.51. The molecule has 0 saturated carbocycles. The second-order valence-electron chi connectivity index (χ2n) is 7.69. The highest BCUT2D eigenvalue weighted by atomic mass is 32.2. The Morgan fingerprint density at radius 2 is 1.51 bits per heavy atom. The van der Waals surface area contributed by atoms with Crippen LogP contribution in [0.4, 0.5) is 11.5 Å². The van der Waals surface area contributed by atoms with Gasteiger partial charge in [-0.1, -0.05) is 0 Å². The van der Waals surface area contributed by atoms with Crippen LogP contribution >= 0.6 is 11.8 Å². The summed E-state index contributed by atoms with van der Waals surface area (Å²) in [5.74, 6) is 2.35. The number of pyridine rings is 1. The molecule has 0 radical (unpaired) electrons. The van der Waals surface area contributed by atoms with E-state index >= 15 is 0 Å². The first-order valence-corrected chi connectivity index (χ1v) is 12.3. The van der Waals surface area contributed by atoms with Crippen molar-refractivity contribution in [2.75, 3.05) is 18.7 Å². The van der Waals surface area contributed by atoms with Crippen LogP contribution in [-0.2, 0) is 0 Å². The first-order valence-electron chi connectivity index (χ1n) is 11.1. The molecule has 2 aromatic carbocycles. The lowest BCUT2D eigenvalue weighted by Crippen LogP contribution is -2.03. The molecule has 9 nitrogen and oxygen atoms in total. The van der Waals surface area contributed by atoms with Gasteiger partial charge >= 0.3 is 0 Å². The van der Waals surface area contributed by atoms with Gasteiger partial charge in [0.2, 0.25) is 0 Å². The second kappa shape index (κ2) is 10.3. The number of nitrogens with one attached hydrogen (secondary N) is 1. The molecule has 37 heavy (non-hydrogen) atoms. The number of hydrogen-bond acceptors (Lipinski definition) is 9. The minimum Gasteiger partial charge on any atom is -0.497 e. The van der Waals surface area contributed by atoms with Crippen molar-refractivity contribution in [2.24, 2.45) is 0 Å². The highest BCUT2D eigenvalue weighted by molar-refractivity contribution is 7.98. The fourth-order valence-corrected chi connectivity index (χ4v) is 4.29. The van der Waals surface area contributed by atoms with Gasteiger partial charge in [0.25, 0.3) is 0 Å². The predicted molar refractivity (Wildman–Crippen MR) is 140 cm³/mol. The normalized spacial score (nSPS) is 10.5. The molecule has 0 bridgehead atoms. The van der Waals surface area contributed by atoms with Gasteiger partial charge in [-0.3, -0.25) is 4.98 Å². The zero-order valence-corrected chi connectivity index (χ0v) is 20.7. The second-order valence-corrected chi connectivity index (χ2v) is 8.49. The standard InChI is InChI=1S/C27H19N7O2S/c1-35-19-7-3-17(4-8-19)24-22(15-28)27(37-2)32-26-23(16-29)25(33-34(24)26)31-18-5-9-20(10-6-18)36-21-11-13-30-14-12-21/h3-14H,1-2H3,(H,31,33). The lowest BCUT2D eigenvalue weighted by atomic mass is 10.1. The Labute approximate surface area is 216 Å². The average molecular weight is 506 g/mol. The Hall–Kier alpha value is -5.06. The third-order valence-corrected chi connectivity index (χ3v) is 6.20. The number of anilines is 2. The summed E-state index contributed by atoms with van der Waals surface area (Å²) in [5.41, 5.74) is 3.00. The van der Waals surface area contributed by atoms with E-state index in [2.05, 4.69) is 32.5 Å². The number of ether oxygens (including phenoxy) is 2. The summed E-state index contributed by atoms with van der Waals surface area (Å²) in [7, 11) is 1.59. The number of nitrogens with zero attached hydrogens (tertiary/aromatic N) is 6. The molecule has 1 N–H and O–H groups in total. The Balaban J connectivity index is 1.57. The molecule has 3 heterocycles. The topological polar surface area (TPSA) is 121 Å². The highest BCUT2D eigenvalue weighted by Crippen LogP contribution is 2.34. The summed E-state index contributed by atoms with van der Waals surface area (Å²) in [6, 6.07) is 22.6. The summed E-state index contributed by atoms with van der Waals surface area (Å²) in [6.45, 7) is 0. The van der Waals surface area contributed by atoms with Crippen molar-refractivity contribution >= 4 is 28.9 Å². The molecule has 0 amide bonds. The molecule has 3 aromatic heterocycles. The molecule has 0 saturated heterocycles. The number of nitriles is 2. The van der Waals surface area contributed by atoms with E-state index in [0.717, 1.165) is 5.56 Å². The van der Waals surface area contributed by atoms with Crippen molar-refractivity contribution in [3.63, 3.8) is 0 Å². The number of benzene rings is 2. The Bertz CT molecular complexity index is 1650. The fourth-order valence-electron chi connectivity index (χ4n) is 3.77. The zero-order valence-electron chi connectivity index (χ0n) is 19.8. The van der Waals surface area contributed by atoms with Gasteiger partial charge in [-0.15, -0.1) is 16.9 Å². The van der Waals surface area contributed by atoms with Gasteiger partial charge < -0.3 is 14.8 Å². The van der Waals surface area contributed by atoms with Gasteiger partial charge in [-0.25, -0.2) is 9.50 Å². The lowest BCUT2D eigenvalue weighted by Gasteiger charge is -2.11. The van der Waals surface area contributed by atoms with Gasteiger partial charge in [0.05, 0.1) is 12.8 Å². The number of fused-ring (bicyclic) bond motifs is 1. The first kappa shape index (κ1) is 23.7. The monoisotopic (exact) mass is 505 g/mol. The SMILES string of the molecule is COc1ccc(-c2c(C#N)c(SC)nc3c(C#N)c(Nc4ccc(Oc5ccncc5)cc4)nn23)cc1. The maximum atomic E-state index is 10.0. The first-order chi connectivity index (χ1) is 18.1. The number of thioether (sulfide) groups is 1. The van der Waals surface area contributed by atoms with Gasteiger partial charge in [0.1, 0.15) is 45.5 Å². The van der Waals surface area contributed by atoms with Crippen LogP contribution < -0.4 is 14.8 Å². The Morgan fingerprint density at radius 1 is 0.865 bits per heavy atom. The maximum Gasteiger partial charge on any atom is 0.177 e. The van der Waals surface area contributed by atoms with Crippen LogP contribution in [0.5, 0.6) is 17.2 Å². The van der Waals surface area contributed by atoms with E-state index in [1.807, 2.05) is 54.8 Å². The van der Waals surface area contributed by atoms with Crippen molar-refractivity contribution in [2.45, 2.75) is 5.03 Å². The molecule has 0 aliphatic heterocycles. The molecule has 5 rings (SSSR count). The summed E-state index contributed by atoms with van der Waals surface area (Å²) in [4.78, 5) is 8.59.